The van der Waals surface area contributed by atoms with E-state index in [2.05, 4.69) is 5.32 Å². The largest absolute Gasteiger partial charge is 0.372 e. The number of amides is 1. The number of nitrogens with zero attached hydrogens (tertiary/aromatic N) is 1. The van der Waals surface area contributed by atoms with Gasteiger partial charge in [0.05, 0.1) is 0 Å². The van der Waals surface area contributed by atoms with Crippen LogP contribution in [0.25, 0.3) is 0 Å². The average molecular weight is 242 g/mol. The zero-order chi connectivity index (χ0) is 12.5. The van der Waals surface area contributed by atoms with Crippen molar-refractivity contribution in [2.45, 2.75) is 33.1 Å². The van der Waals surface area contributed by atoms with E-state index in [1.54, 1.807) is 0 Å². The van der Waals surface area contributed by atoms with Crippen LogP contribution in [0.3, 0.4) is 0 Å². The van der Waals surface area contributed by atoms with E-state index in [9.17, 15) is 4.79 Å². The molecule has 4 nitrogen and oxygen atoms in total. The van der Waals surface area contributed by atoms with E-state index in [1.165, 1.54) is 12.8 Å². The first-order valence-electron chi connectivity index (χ1n) is 6.84. The van der Waals surface area contributed by atoms with E-state index < -0.39 is 0 Å². The highest BCUT2D eigenvalue weighted by atomic mass is 16.5. The summed E-state index contributed by atoms with van der Waals surface area (Å²) in [5.41, 5.74) is 0. The molecule has 1 amide bonds. The van der Waals surface area contributed by atoms with E-state index in [0.717, 1.165) is 38.5 Å². The van der Waals surface area contributed by atoms with Gasteiger partial charge in [-0.1, -0.05) is 0 Å². The third-order valence-electron chi connectivity index (χ3n) is 3.41. The van der Waals surface area contributed by atoms with Crippen LogP contribution in [0.1, 0.15) is 33.1 Å². The number of likely N-dealkylation sites (N-methyl/N-ethyl adjacent to an activating group) is 1. The fraction of sp³-hybridized carbons (Fsp3) is 0.923. The summed E-state index contributed by atoms with van der Waals surface area (Å²) in [5, 5.41) is 3.39. The maximum Gasteiger partial charge on any atom is 0.248 e. The monoisotopic (exact) mass is 242 g/mol. The maximum absolute atomic E-state index is 11.6. The summed E-state index contributed by atoms with van der Waals surface area (Å²) >= 11 is 0. The number of hydrogen-bond acceptors (Lipinski definition) is 3. The van der Waals surface area contributed by atoms with Crippen molar-refractivity contribution in [2.24, 2.45) is 5.92 Å². The van der Waals surface area contributed by atoms with Crippen LogP contribution in [-0.4, -0.2) is 50.2 Å². The molecule has 4 heteroatoms. The van der Waals surface area contributed by atoms with Crippen LogP contribution in [0.5, 0.6) is 0 Å². The average Bonchev–Trinajstić information content (AvgIpc) is 2.37. The Balaban J connectivity index is 2.04. The molecule has 1 atom stereocenters. The Kier molecular flexibility index (Phi) is 7.21. The van der Waals surface area contributed by atoms with Crippen molar-refractivity contribution in [1.29, 1.82) is 0 Å². The minimum absolute atomic E-state index is 0.108. The van der Waals surface area contributed by atoms with E-state index in [0.29, 0.717) is 6.61 Å². The Morgan fingerprint density at radius 1 is 1.41 bits per heavy atom. The Labute approximate surface area is 105 Å². The van der Waals surface area contributed by atoms with Crippen molar-refractivity contribution in [3.63, 3.8) is 0 Å². The molecule has 1 fully saturated rings. The van der Waals surface area contributed by atoms with Gasteiger partial charge in [0, 0.05) is 19.7 Å². The maximum atomic E-state index is 11.6. The van der Waals surface area contributed by atoms with E-state index in [-0.39, 0.29) is 12.5 Å². The normalized spacial score (nSPS) is 20.2. The van der Waals surface area contributed by atoms with E-state index in [4.69, 9.17) is 4.74 Å². The van der Waals surface area contributed by atoms with Gasteiger partial charge in [0.2, 0.25) is 5.91 Å². The first-order chi connectivity index (χ1) is 8.27. The zero-order valence-electron chi connectivity index (χ0n) is 11.2. The third kappa shape index (κ3) is 5.50. The van der Waals surface area contributed by atoms with Gasteiger partial charge in [0.15, 0.2) is 0 Å². The third-order valence-corrected chi connectivity index (χ3v) is 3.41. The van der Waals surface area contributed by atoms with E-state index >= 15 is 0 Å². The number of piperidine rings is 1. The molecule has 0 radical (unpaired) electrons. The van der Waals surface area contributed by atoms with Gasteiger partial charge >= 0.3 is 0 Å². The molecule has 100 valence electrons. The minimum atomic E-state index is 0.108. The predicted octanol–water partition coefficient (Wildman–Crippen LogP) is 1.26. The fourth-order valence-corrected chi connectivity index (χ4v) is 2.25. The Hall–Kier alpha value is -0.610. The molecule has 0 bridgehead atoms. The van der Waals surface area contributed by atoms with Crippen LogP contribution in [0.4, 0.5) is 0 Å². The lowest BCUT2D eigenvalue weighted by atomic mass is 9.97. The first kappa shape index (κ1) is 14.5. The summed E-state index contributed by atoms with van der Waals surface area (Å²) in [5.74, 6) is 0.837. The predicted molar refractivity (Wildman–Crippen MR) is 69.0 cm³/mol. The van der Waals surface area contributed by atoms with Crippen molar-refractivity contribution >= 4 is 5.91 Å². The molecule has 0 saturated carbocycles. The molecule has 1 saturated heterocycles. The molecule has 0 aromatic rings. The summed E-state index contributed by atoms with van der Waals surface area (Å²) in [6.45, 7) is 8.73. The Morgan fingerprint density at radius 2 is 2.18 bits per heavy atom. The summed E-state index contributed by atoms with van der Waals surface area (Å²) in [7, 11) is 0. The molecule has 0 aromatic carbocycles. The van der Waals surface area contributed by atoms with Gasteiger partial charge in [-0.05, 0) is 52.1 Å². The summed E-state index contributed by atoms with van der Waals surface area (Å²) < 4.78 is 5.46. The van der Waals surface area contributed by atoms with Gasteiger partial charge in [-0.2, -0.15) is 0 Å². The van der Waals surface area contributed by atoms with Crippen LogP contribution in [0.15, 0.2) is 0 Å². The van der Waals surface area contributed by atoms with Crippen molar-refractivity contribution in [1.82, 2.24) is 10.2 Å². The SMILES string of the molecule is CCN(CC)C(=O)COCCC1CCCNC1. The molecule has 0 aliphatic carbocycles. The number of carbonyl (C=O) groups is 1. The lowest BCUT2D eigenvalue weighted by Gasteiger charge is -2.23. The van der Waals surface area contributed by atoms with Crippen LogP contribution in [0, 0.1) is 5.92 Å². The smallest absolute Gasteiger partial charge is 0.248 e. The van der Waals surface area contributed by atoms with Crippen LogP contribution in [0.2, 0.25) is 0 Å². The second kappa shape index (κ2) is 8.48. The standard InChI is InChI=1S/C13H26N2O2/c1-3-15(4-2)13(16)11-17-9-7-12-6-5-8-14-10-12/h12,14H,3-11H2,1-2H3. The quantitative estimate of drug-likeness (QED) is 0.683. The van der Waals surface area contributed by atoms with Gasteiger partial charge in [0.1, 0.15) is 6.61 Å². The van der Waals surface area contributed by atoms with Crippen molar-refractivity contribution < 1.29 is 9.53 Å². The van der Waals surface area contributed by atoms with Crippen molar-refractivity contribution in [3.8, 4) is 0 Å². The summed E-state index contributed by atoms with van der Waals surface area (Å²) in [4.78, 5) is 13.5. The number of hydrogen-bond donors (Lipinski definition) is 1. The summed E-state index contributed by atoms with van der Waals surface area (Å²) in [6, 6.07) is 0. The van der Waals surface area contributed by atoms with Crippen LogP contribution in [-0.2, 0) is 9.53 Å². The van der Waals surface area contributed by atoms with Gasteiger partial charge in [-0.3, -0.25) is 4.79 Å². The first-order valence-corrected chi connectivity index (χ1v) is 6.84. The highest BCUT2D eigenvalue weighted by molar-refractivity contribution is 5.77. The van der Waals surface area contributed by atoms with Gasteiger partial charge in [-0.25, -0.2) is 0 Å². The Bertz CT molecular complexity index is 211. The molecular weight excluding hydrogens is 216 g/mol. The minimum Gasteiger partial charge on any atom is -0.372 e. The van der Waals surface area contributed by atoms with Crippen molar-refractivity contribution in [3.05, 3.63) is 0 Å². The molecule has 1 heterocycles. The molecule has 0 spiro atoms. The molecule has 0 aromatic heterocycles. The molecule has 1 aliphatic heterocycles. The highest BCUT2D eigenvalue weighted by Gasteiger charge is 2.13. The lowest BCUT2D eigenvalue weighted by Crippen LogP contribution is -2.34. The van der Waals surface area contributed by atoms with Crippen LogP contribution >= 0.6 is 0 Å². The second-order valence-electron chi connectivity index (χ2n) is 4.62. The number of ether oxygens (including phenoxy) is 1. The summed E-state index contributed by atoms with van der Waals surface area (Å²) in [6.07, 6.45) is 3.63. The topological polar surface area (TPSA) is 41.6 Å². The second-order valence-corrected chi connectivity index (χ2v) is 4.62. The van der Waals surface area contributed by atoms with E-state index in [1.807, 2.05) is 18.7 Å². The van der Waals surface area contributed by atoms with Gasteiger partial charge in [-0.15, -0.1) is 0 Å². The van der Waals surface area contributed by atoms with Gasteiger partial charge in [0.25, 0.3) is 0 Å². The number of nitrogens with one attached hydrogen (secondary N) is 1. The fourth-order valence-electron chi connectivity index (χ4n) is 2.25. The highest BCUT2D eigenvalue weighted by Crippen LogP contribution is 2.13. The molecular formula is C13H26N2O2. The number of carbonyl (C=O) groups excluding carboxylic acids is 1. The zero-order valence-corrected chi connectivity index (χ0v) is 11.2. The Morgan fingerprint density at radius 3 is 2.76 bits per heavy atom. The molecule has 1 rings (SSSR count). The van der Waals surface area contributed by atoms with Crippen molar-refractivity contribution in [2.75, 3.05) is 39.4 Å². The number of rotatable bonds is 7. The molecule has 1 unspecified atom stereocenters. The molecule has 17 heavy (non-hydrogen) atoms. The lowest BCUT2D eigenvalue weighted by molar-refractivity contribution is -0.135. The van der Waals surface area contributed by atoms with Gasteiger partial charge < -0.3 is 15.0 Å². The van der Waals surface area contributed by atoms with Crippen LogP contribution < -0.4 is 5.32 Å². The molecule has 1 N–H and O–H groups in total. The molecule has 1 aliphatic rings.